The Kier molecular flexibility index (Phi) is 3.64. The Morgan fingerprint density at radius 2 is 2.11 bits per heavy atom. The summed E-state index contributed by atoms with van der Waals surface area (Å²) >= 11 is 0. The summed E-state index contributed by atoms with van der Waals surface area (Å²) < 4.78 is 23.1. The second-order valence-corrected chi connectivity index (χ2v) is 6.56. The molecule has 1 fully saturated rings. The number of hydrogen-bond donors (Lipinski definition) is 1. The van der Waals surface area contributed by atoms with Crippen LogP contribution in [0.5, 0.6) is 0 Å². The molecule has 2 rings (SSSR count). The van der Waals surface area contributed by atoms with Gasteiger partial charge in [-0.1, -0.05) is 11.6 Å². The van der Waals surface area contributed by atoms with Crippen LogP contribution in [0.25, 0.3) is 0 Å². The van der Waals surface area contributed by atoms with E-state index in [2.05, 4.69) is 0 Å². The smallest absolute Gasteiger partial charge is 0.255 e. The van der Waals surface area contributed by atoms with Gasteiger partial charge in [0.25, 0.3) is 5.91 Å². The van der Waals surface area contributed by atoms with E-state index in [9.17, 15) is 13.2 Å². The first-order valence-corrected chi connectivity index (χ1v) is 7.80. The molecule has 5 nitrogen and oxygen atoms in total. The van der Waals surface area contributed by atoms with Gasteiger partial charge in [0.2, 0.25) is 10.0 Å². The summed E-state index contributed by atoms with van der Waals surface area (Å²) in [5, 5.41) is 5.18. The maximum atomic E-state index is 12.5. The first kappa shape index (κ1) is 14.0. The van der Waals surface area contributed by atoms with Crippen LogP contribution in [0.4, 0.5) is 0 Å². The number of primary sulfonamides is 1. The fourth-order valence-corrected chi connectivity index (χ4v) is 3.16. The van der Waals surface area contributed by atoms with Crippen molar-refractivity contribution in [2.24, 2.45) is 5.14 Å². The molecule has 19 heavy (non-hydrogen) atoms. The molecule has 0 radical (unpaired) electrons. The van der Waals surface area contributed by atoms with E-state index >= 15 is 0 Å². The zero-order valence-corrected chi connectivity index (χ0v) is 11.9. The van der Waals surface area contributed by atoms with Gasteiger partial charge in [0.05, 0.1) is 10.5 Å². The zero-order valence-electron chi connectivity index (χ0n) is 11.1. The number of hydrogen-bond acceptors (Lipinski definition) is 3. The first-order valence-electron chi connectivity index (χ1n) is 6.25. The molecule has 0 bridgehead atoms. The molecule has 1 saturated heterocycles. The molecule has 1 amide bonds. The zero-order chi connectivity index (χ0) is 14.2. The summed E-state index contributed by atoms with van der Waals surface area (Å²) in [5.41, 5.74) is 1.01. The molecular weight excluding hydrogens is 264 g/mol. The van der Waals surface area contributed by atoms with Gasteiger partial charge in [0.1, 0.15) is 0 Å². The lowest BCUT2D eigenvalue weighted by Gasteiger charge is -2.22. The van der Waals surface area contributed by atoms with Gasteiger partial charge in [-0.05, 0) is 38.8 Å². The summed E-state index contributed by atoms with van der Waals surface area (Å²) in [4.78, 5) is 14.1. The fraction of sp³-hybridized carbons (Fsp3) is 0.462. The molecule has 1 atom stereocenters. The number of rotatable bonds is 2. The van der Waals surface area contributed by atoms with Crippen LogP contribution in [0.15, 0.2) is 23.1 Å². The van der Waals surface area contributed by atoms with Crippen LogP contribution in [0.2, 0.25) is 0 Å². The molecule has 1 aliphatic rings. The predicted molar refractivity (Wildman–Crippen MR) is 72.3 cm³/mol. The molecule has 1 aliphatic heterocycles. The number of nitrogens with zero attached hydrogens (tertiary/aromatic N) is 1. The Morgan fingerprint density at radius 3 is 2.63 bits per heavy atom. The van der Waals surface area contributed by atoms with Gasteiger partial charge >= 0.3 is 0 Å². The van der Waals surface area contributed by atoms with Gasteiger partial charge in [0, 0.05) is 12.6 Å². The number of benzene rings is 1. The van der Waals surface area contributed by atoms with Crippen molar-refractivity contribution in [3.05, 3.63) is 29.3 Å². The van der Waals surface area contributed by atoms with Crippen LogP contribution < -0.4 is 5.14 Å². The highest BCUT2D eigenvalue weighted by Gasteiger charge is 2.29. The summed E-state index contributed by atoms with van der Waals surface area (Å²) in [6.45, 7) is 4.45. The maximum Gasteiger partial charge on any atom is 0.255 e. The minimum absolute atomic E-state index is 0.0952. The average Bonchev–Trinajstić information content (AvgIpc) is 2.72. The largest absolute Gasteiger partial charge is 0.336 e. The monoisotopic (exact) mass is 282 g/mol. The summed E-state index contributed by atoms with van der Waals surface area (Å²) in [6, 6.07) is 4.77. The van der Waals surface area contributed by atoms with E-state index in [1.54, 1.807) is 17.0 Å². The Bertz CT molecular complexity index is 610. The Morgan fingerprint density at radius 1 is 1.42 bits per heavy atom. The van der Waals surface area contributed by atoms with Crippen molar-refractivity contribution in [3.63, 3.8) is 0 Å². The normalized spacial score (nSPS) is 19.7. The second-order valence-electron chi connectivity index (χ2n) is 5.03. The van der Waals surface area contributed by atoms with Gasteiger partial charge in [-0.3, -0.25) is 4.79 Å². The van der Waals surface area contributed by atoms with Crippen LogP contribution in [-0.2, 0) is 10.0 Å². The van der Waals surface area contributed by atoms with E-state index in [1.807, 2.05) is 13.8 Å². The Balaban J connectivity index is 2.49. The quantitative estimate of drug-likeness (QED) is 0.887. The molecule has 0 saturated carbocycles. The SMILES string of the molecule is Cc1ccc(S(N)(=O)=O)c(C(=O)N2CCCC2C)c1. The van der Waals surface area contributed by atoms with Crippen molar-refractivity contribution in [2.75, 3.05) is 6.54 Å². The van der Waals surface area contributed by atoms with E-state index < -0.39 is 10.0 Å². The van der Waals surface area contributed by atoms with E-state index in [-0.39, 0.29) is 22.4 Å². The number of amides is 1. The van der Waals surface area contributed by atoms with Crippen molar-refractivity contribution in [1.29, 1.82) is 0 Å². The third-order valence-electron chi connectivity index (χ3n) is 3.49. The lowest BCUT2D eigenvalue weighted by molar-refractivity contribution is 0.0743. The van der Waals surface area contributed by atoms with Crippen LogP contribution >= 0.6 is 0 Å². The topological polar surface area (TPSA) is 80.5 Å². The second kappa shape index (κ2) is 4.94. The van der Waals surface area contributed by atoms with Crippen molar-refractivity contribution >= 4 is 15.9 Å². The highest BCUT2D eigenvalue weighted by Crippen LogP contribution is 2.23. The van der Waals surface area contributed by atoms with Gasteiger partial charge in [-0.2, -0.15) is 0 Å². The molecule has 104 valence electrons. The van der Waals surface area contributed by atoms with E-state index in [0.29, 0.717) is 6.54 Å². The molecule has 1 heterocycles. The standard InChI is InChI=1S/C13H18N2O3S/c1-9-5-6-12(19(14,17)18)11(8-9)13(16)15-7-3-4-10(15)2/h5-6,8,10H,3-4,7H2,1-2H3,(H2,14,17,18). The van der Waals surface area contributed by atoms with Crippen molar-refractivity contribution in [1.82, 2.24) is 4.90 Å². The Hall–Kier alpha value is -1.40. The number of sulfonamides is 1. The summed E-state index contributed by atoms with van der Waals surface area (Å²) in [7, 11) is -3.89. The maximum absolute atomic E-state index is 12.5. The minimum atomic E-state index is -3.89. The van der Waals surface area contributed by atoms with Crippen molar-refractivity contribution < 1.29 is 13.2 Å². The summed E-state index contributed by atoms with van der Waals surface area (Å²) in [5.74, 6) is -0.252. The lowest BCUT2D eigenvalue weighted by Crippen LogP contribution is -2.35. The molecule has 0 aromatic heterocycles. The highest BCUT2D eigenvalue weighted by atomic mass is 32.2. The molecular formula is C13H18N2O3S. The van der Waals surface area contributed by atoms with Crippen LogP contribution in [0.1, 0.15) is 35.7 Å². The number of aryl methyl sites for hydroxylation is 1. The minimum Gasteiger partial charge on any atom is -0.336 e. The van der Waals surface area contributed by atoms with E-state index in [1.165, 1.54) is 6.07 Å². The Labute approximate surface area is 113 Å². The van der Waals surface area contributed by atoms with Gasteiger partial charge in [-0.25, -0.2) is 13.6 Å². The van der Waals surface area contributed by atoms with Crippen LogP contribution in [0.3, 0.4) is 0 Å². The first-order chi connectivity index (χ1) is 8.80. The van der Waals surface area contributed by atoms with E-state index in [4.69, 9.17) is 5.14 Å². The van der Waals surface area contributed by atoms with Gasteiger partial charge < -0.3 is 4.90 Å². The predicted octanol–water partition coefficient (Wildman–Crippen LogP) is 1.27. The van der Waals surface area contributed by atoms with Gasteiger partial charge in [0.15, 0.2) is 0 Å². The molecule has 1 aromatic carbocycles. The van der Waals surface area contributed by atoms with Crippen molar-refractivity contribution in [3.8, 4) is 0 Å². The molecule has 2 N–H and O–H groups in total. The third kappa shape index (κ3) is 2.79. The van der Waals surface area contributed by atoms with Gasteiger partial charge in [-0.15, -0.1) is 0 Å². The third-order valence-corrected chi connectivity index (χ3v) is 4.45. The summed E-state index contributed by atoms with van der Waals surface area (Å²) in [6.07, 6.45) is 1.89. The number of likely N-dealkylation sites (tertiary alicyclic amines) is 1. The average molecular weight is 282 g/mol. The highest BCUT2D eigenvalue weighted by molar-refractivity contribution is 7.89. The van der Waals surface area contributed by atoms with Crippen LogP contribution in [0, 0.1) is 6.92 Å². The molecule has 1 unspecified atom stereocenters. The van der Waals surface area contributed by atoms with Crippen molar-refractivity contribution in [2.45, 2.75) is 37.6 Å². The number of carbonyl (C=O) groups is 1. The number of carbonyl (C=O) groups excluding carboxylic acids is 1. The lowest BCUT2D eigenvalue weighted by atomic mass is 10.1. The molecule has 6 heteroatoms. The fourth-order valence-electron chi connectivity index (χ4n) is 2.45. The van der Waals surface area contributed by atoms with Crippen LogP contribution in [-0.4, -0.2) is 31.8 Å². The molecule has 0 spiro atoms. The number of nitrogens with two attached hydrogens (primary N) is 1. The molecule has 1 aromatic rings. The molecule has 0 aliphatic carbocycles. The van der Waals surface area contributed by atoms with E-state index in [0.717, 1.165) is 18.4 Å².